The molecule has 164 valence electrons. The highest BCUT2D eigenvalue weighted by Gasteiger charge is 2.16. The zero-order chi connectivity index (χ0) is 23.3. The number of aliphatic hydroxyl groups excluding tert-OH is 1. The zero-order valence-electron chi connectivity index (χ0n) is 16.4. The molecule has 4 N–H and O–H groups in total. The topological polar surface area (TPSA) is 138 Å². The Morgan fingerprint density at radius 2 is 2.00 bits per heavy atom. The van der Waals surface area contributed by atoms with Crippen LogP contribution >= 0.6 is 23.2 Å². The fourth-order valence-corrected chi connectivity index (χ4v) is 3.14. The molecule has 3 aromatic rings. The van der Waals surface area contributed by atoms with E-state index in [4.69, 9.17) is 48.9 Å². The van der Waals surface area contributed by atoms with Crippen molar-refractivity contribution in [2.75, 3.05) is 18.9 Å². The minimum atomic E-state index is -0.860. The van der Waals surface area contributed by atoms with Crippen LogP contribution in [-0.4, -0.2) is 34.0 Å². The van der Waals surface area contributed by atoms with Crippen LogP contribution in [0.3, 0.4) is 0 Å². The highest BCUT2D eigenvalue weighted by molar-refractivity contribution is 6.35. The molecular weight excluding hydrogens is 460 g/mol. The molecule has 0 amide bonds. The maximum atomic E-state index is 13.6. The molecule has 0 spiro atoms. The van der Waals surface area contributed by atoms with Gasteiger partial charge in [0, 0.05) is 34.8 Å². The number of aliphatic hydroxyl groups is 1. The maximum absolute atomic E-state index is 13.6. The van der Waals surface area contributed by atoms with Gasteiger partial charge in [0.2, 0.25) is 11.8 Å². The van der Waals surface area contributed by atoms with Gasteiger partial charge < -0.3 is 20.3 Å². The number of nitrogens with zero attached hydrogens (tertiary/aromatic N) is 3. The Balaban J connectivity index is 1.85. The van der Waals surface area contributed by atoms with E-state index in [9.17, 15) is 9.65 Å². The van der Waals surface area contributed by atoms with Gasteiger partial charge in [0.1, 0.15) is 35.6 Å². The van der Waals surface area contributed by atoms with Crippen molar-refractivity contribution in [3.8, 4) is 17.7 Å². The van der Waals surface area contributed by atoms with Crippen LogP contribution in [0.1, 0.15) is 22.3 Å². The molecule has 0 aliphatic heterocycles. The summed E-state index contributed by atoms with van der Waals surface area (Å²) in [5.74, 6) is -0.470. The number of nitrogens with one attached hydrogen (secondary N) is 1. The summed E-state index contributed by atoms with van der Waals surface area (Å²) < 4.78 is 24.5. The molecule has 0 atom stereocenters. The molecule has 1 aromatic carbocycles. The summed E-state index contributed by atoms with van der Waals surface area (Å²) in [5, 5.41) is 26.6. The lowest BCUT2D eigenvalue weighted by Gasteiger charge is -2.13. The lowest BCUT2D eigenvalue weighted by atomic mass is 10.0. The van der Waals surface area contributed by atoms with E-state index in [1.165, 1.54) is 18.3 Å². The maximum Gasteiger partial charge on any atom is 0.232 e. The Morgan fingerprint density at radius 3 is 2.72 bits per heavy atom. The van der Waals surface area contributed by atoms with Crippen molar-refractivity contribution in [2.45, 2.75) is 6.61 Å². The molecule has 2 aromatic heterocycles. The molecule has 0 fully saturated rings. The van der Waals surface area contributed by atoms with Crippen molar-refractivity contribution in [1.82, 2.24) is 9.97 Å². The number of hydrogen-bond acceptors (Lipinski definition) is 8. The summed E-state index contributed by atoms with van der Waals surface area (Å²) in [7, 11) is 0. The summed E-state index contributed by atoms with van der Waals surface area (Å²) in [6, 6.07) is 8.04. The van der Waals surface area contributed by atoms with Crippen molar-refractivity contribution in [1.29, 1.82) is 10.7 Å². The Hall–Kier alpha value is -3.45. The van der Waals surface area contributed by atoms with Crippen molar-refractivity contribution in [3.63, 3.8) is 0 Å². The van der Waals surface area contributed by atoms with E-state index in [2.05, 4.69) is 9.97 Å². The molecule has 11 heteroatoms. The highest BCUT2D eigenvalue weighted by Crippen LogP contribution is 2.29. The molecule has 0 aliphatic rings. The van der Waals surface area contributed by atoms with Crippen molar-refractivity contribution < 1.29 is 19.0 Å². The first kappa shape index (κ1) is 23.2. The second-order valence-corrected chi connectivity index (χ2v) is 7.15. The minimum Gasteiger partial charge on any atom is -0.489 e. The van der Waals surface area contributed by atoms with E-state index < -0.39 is 5.95 Å². The number of hydrogen-bond donors (Lipinski definition) is 3. The fourth-order valence-electron chi connectivity index (χ4n) is 2.69. The van der Waals surface area contributed by atoms with Crippen LogP contribution in [0.5, 0.6) is 11.6 Å². The molecule has 3 rings (SSSR count). The summed E-state index contributed by atoms with van der Waals surface area (Å²) >= 11 is 11.9. The molecule has 32 heavy (non-hydrogen) atoms. The molecule has 8 nitrogen and oxygen atoms in total. The molecule has 0 bridgehead atoms. The SMILES string of the molecule is N#Cc1cc(C(=N)c2cc(OCc3c(Cl)cnc(F)c3Cl)ccc2N)cnc1OCCO. The summed E-state index contributed by atoms with van der Waals surface area (Å²) in [6.45, 7) is -0.374. The van der Waals surface area contributed by atoms with Crippen molar-refractivity contribution in [3.05, 3.63) is 74.9 Å². The second kappa shape index (κ2) is 10.2. The van der Waals surface area contributed by atoms with Gasteiger partial charge in [-0.25, -0.2) is 9.97 Å². The van der Waals surface area contributed by atoms with E-state index in [1.54, 1.807) is 12.1 Å². The average Bonchev–Trinajstić information content (AvgIpc) is 2.80. The molecule has 0 saturated carbocycles. The van der Waals surface area contributed by atoms with Gasteiger partial charge in [-0.1, -0.05) is 23.2 Å². The van der Waals surface area contributed by atoms with Gasteiger partial charge in [0.15, 0.2) is 0 Å². The Kier molecular flexibility index (Phi) is 7.43. The average molecular weight is 476 g/mol. The monoisotopic (exact) mass is 475 g/mol. The molecule has 0 saturated heterocycles. The number of benzene rings is 1. The predicted molar refractivity (Wildman–Crippen MR) is 117 cm³/mol. The number of pyridine rings is 2. The van der Waals surface area contributed by atoms with Gasteiger partial charge >= 0.3 is 0 Å². The molecular formula is C21H16Cl2FN5O3. The van der Waals surface area contributed by atoms with Crippen LogP contribution in [0.4, 0.5) is 10.1 Å². The molecule has 2 heterocycles. The van der Waals surface area contributed by atoms with Gasteiger partial charge in [-0.3, -0.25) is 5.41 Å². The Bertz CT molecular complexity index is 1220. The summed E-state index contributed by atoms with van der Waals surface area (Å²) in [6.07, 6.45) is 2.50. The van der Waals surface area contributed by atoms with Crippen LogP contribution in [0.25, 0.3) is 0 Å². The smallest absolute Gasteiger partial charge is 0.232 e. The van der Waals surface area contributed by atoms with Crippen LogP contribution in [0.15, 0.2) is 36.7 Å². The van der Waals surface area contributed by atoms with E-state index >= 15 is 0 Å². The van der Waals surface area contributed by atoms with Gasteiger partial charge in [-0.2, -0.15) is 9.65 Å². The number of aromatic nitrogens is 2. The van der Waals surface area contributed by atoms with Crippen LogP contribution in [-0.2, 0) is 6.61 Å². The third kappa shape index (κ3) is 5.06. The van der Waals surface area contributed by atoms with Crippen LogP contribution in [0.2, 0.25) is 10.0 Å². The predicted octanol–water partition coefficient (Wildman–Crippen LogP) is 3.74. The molecule has 0 unspecified atom stereocenters. The molecule has 0 aliphatic carbocycles. The second-order valence-electron chi connectivity index (χ2n) is 6.36. The number of nitrogen functional groups attached to an aromatic ring is 1. The quantitative estimate of drug-likeness (QED) is 0.256. The van der Waals surface area contributed by atoms with Crippen LogP contribution in [0, 0.1) is 22.7 Å². The number of halogens is 3. The van der Waals surface area contributed by atoms with Crippen LogP contribution < -0.4 is 15.2 Å². The first-order valence-corrected chi connectivity index (χ1v) is 9.85. The fraction of sp³-hybridized carbons (Fsp3) is 0.143. The lowest BCUT2D eigenvalue weighted by molar-refractivity contribution is 0.196. The summed E-state index contributed by atoms with van der Waals surface area (Å²) in [4.78, 5) is 7.48. The standard InChI is InChI=1S/C21H16Cl2FN5O3/c22-16-9-28-20(24)18(23)15(16)10-32-13-1-2-17(26)14(6-13)19(27)12-5-11(7-25)21(29-8-12)31-4-3-30/h1-2,5-6,8-9,27,30H,3-4,10,26H2. The largest absolute Gasteiger partial charge is 0.489 e. The number of nitrogens with two attached hydrogens (primary N) is 1. The zero-order valence-corrected chi connectivity index (χ0v) is 17.9. The van der Waals surface area contributed by atoms with E-state index in [1.807, 2.05) is 6.07 Å². The third-order valence-electron chi connectivity index (χ3n) is 4.29. The normalized spacial score (nSPS) is 10.5. The first-order chi connectivity index (χ1) is 15.3. The van der Waals surface area contributed by atoms with Gasteiger partial charge in [-0.15, -0.1) is 0 Å². The van der Waals surface area contributed by atoms with E-state index in [-0.39, 0.29) is 52.6 Å². The third-order valence-corrected chi connectivity index (χ3v) is 5.00. The Labute approximate surface area is 192 Å². The van der Waals surface area contributed by atoms with E-state index in [0.717, 1.165) is 6.20 Å². The van der Waals surface area contributed by atoms with Gasteiger partial charge in [0.05, 0.1) is 17.3 Å². The van der Waals surface area contributed by atoms with Crippen molar-refractivity contribution in [2.24, 2.45) is 0 Å². The summed E-state index contributed by atoms with van der Waals surface area (Å²) in [5.41, 5.74) is 7.32. The highest BCUT2D eigenvalue weighted by atomic mass is 35.5. The van der Waals surface area contributed by atoms with E-state index in [0.29, 0.717) is 22.6 Å². The number of anilines is 1. The van der Waals surface area contributed by atoms with Crippen molar-refractivity contribution >= 4 is 34.6 Å². The number of rotatable bonds is 8. The first-order valence-electron chi connectivity index (χ1n) is 9.09. The Morgan fingerprint density at radius 1 is 1.22 bits per heavy atom. The number of nitriles is 1. The minimum absolute atomic E-state index is 0.00308. The molecule has 0 radical (unpaired) electrons. The van der Waals surface area contributed by atoms with Gasteiger partial charge in [-0.05, 0) is 24.3 Å². The lowest BCUT2D eigenvalue weighted by Crippen LogP contribution is -2.09. The number of ether oxygens (including phenoxy) is 2. The van der Waals surface area contributed by atoms with Gasteiger partial charge in [0.25, 0.3) is 0 Å².